The molecule has 0 fully saturated rings. The number of carbonyl (C=O) groups is 1. The van der Waals surface area contributed by atoms with Gasteiger partial charge in [0.15, 0.2) is 11.6 Å². The van der Waals surface area contributed by atoms with Crippen LogP contribution in [-0.2, 0) is 14.8 Å². The molecule has 0 bridgehead atoms. The van der Waals surface area contributed by atoms with E-state index in [-0.39, 0.29) is 10.6 Å². The van der Waals surface area contributed by atoms with Crippen molar-refractivity contribution in [2.75, 3.05) is 19.0 Å². The molecule has 0 aliphatic heterocycles. The average Bonchev–Trinajstić information content (AvgIpc) is 2.56. The molecule has 0 saturated heterocycles. The van der Waals surface area contributed by atoms with Gasteiger partial charge < -0.3 is 10.1 Å². The Balaban J connectivity index is 1.97. The van der Waals surface area contributed by atoms with E-state index >= 15 is 0 Å². The Labute approximate surface area is 137 Å². The first-order valence-electron chi connectivity index (χ1n) is 6.70. The zero-order valence-corrected chi connectivity index (χ0v) is 13.4. The summed E-state index contributed by atoms with van der Waals surface area (Å²) in [4.78, 5) is 11.7. The first-order chi connectivity index (χ1) is 11.3. The topological polar surface area (TPSA) is 84.5 Å². The lowest BCUT2D eigenvalue weighted by molar-refractivity contribution is -0.115. The lowest BCUT2D eigenvalue weighted by Gasteiger charge is -2.08. The fourth-order valence-corrected chi connectivity index (χ4v) is 2.76. The molecule has 0 aromatic heterocycles. The molecule has 0 saturated carbocycles. The summed E-state index contributed by atoms with van der Waals surface area (Å²) in [6.45, 7) is -0.562. The van der Waals surface area contributed by atoms with Gasteiger partial charge in [0, 0.05) is 11.8 Å². The Hall–Kier alpha value is -2.52. The van der Waals surface area contributed by atoms with Gasteiger partial charge in [-0.2, -0.15) is 0 Å². The van der Waals surface area contributed by atoms with Gasteiger partial charge in [0.2, 0.25) is 15.9 Å². The monoisotopic (exact) mass is 356 g/mol. The fourth-order valence-electron chi connectivity index (χ4n) is 1.78. The SMILES string of the molecule is COc1ccc(S(=O)(=O)NCC(=O)Nc2ccc(F)c(F)c2)cc1. The molecule has 0 spiro atoms. The van der Waals surface area contributed by atoms with E-state index < -0.39 is 34.1 Å². The second-order valence-corrected chi connectivity index (χ2v) is 6.44. The van der Waals surface area contributed by atoms with E-state index in [0.29, 0.717) is 5.75 Å². The highest BCUT2D eigenvalue weighted by atomic mass is 32.2. The molecule has 0 aliphatic rings. The summed E-state index contributed by atoms with van der Waals surface area (Å²) in [6.07, 6.45) is 0. The molecule has 0 heterocycles. The fraction of sp³-hybridized carbons (Fsp3) is 0.133. The largest absolute Gasteiger partial charge is 0.497 e. The van der Waals surface area contributed by atoms with E-state index in [1.54, 1.807) is 0 Å². The van der Waals surface area contributed by atoms with Crippen molar-refractivity contribution in [3.63, 3.8) is 0 Å². The number of sulfonamides is 1. The Morgan fingerprint density at radius 3 is 2.33 bits per heavy atom. The minimum absolute atomic E-state index is 0.0162. The number of nitrogens with one attached hydrogen (secondary N) is 2. The molecule has 2 aromatic carbocycles. The number of rotatable bonds is 6. The van der Waals surface area contributed by atoms with E-state index in [2.05, 4.69) is 10.0 Å². The van der Waals surface area contributed by atoms with Crippen molar-refractivity contribution in [3.05, 3.63) is 54.1 Å². The molecule has 9 heteroatoms. The van der Waals surface area contributed by atoms with E-state index in [1.807, 2.05) is 0 Å². The lowest BCUT2D eigenvalue weighted by Crippen LogP contribution is -2.32. The maximum Gasteiger partial charge on any atom is 0.241 e. The molecule has 0 radical (unpaired) electrons. The van der Waals surface area contributed by atoms with E-state index in [1.165, 1.54) is 31.4 Å². The van der Waals surface area contributed by atoms with Crippen molar-refractivity contribution in [3.8, 4) is 5.75 Å². The molecular formula is C15H14F2N2O4S. The number of benzene rings is 2. The number of anilines is 1. The Morgan fingerprint density at radius 2 is 1.75 bits per heavy atom. The van der Waals surface area contributed by atoms with Gasteiger partial charge in [-0.3, -0.25) is 4.79 Å². The number of amides is 1. The van der Waals surface area contributed by atoms with Gasteiger partial charge in [0.1, 0.15) is 5.75 Å². The van der Waals surface area contributed by atoms with Crippen molar-refractivity contribution in [1.29, 1.82) is 0 Å². The average molecular weight is 356 g/mol. The smallest absolute Gasteiger partial charge is 0.241 e. The zero-order valence-electron chi connectivity index (χ0n) is 12.5. The van der Waals surface area contributed by atoms with E-state index in [4.69, 9.17) is 4.74 Å². The molecule has 0 atom stereocenters. The highest BCUT2D eigenvalue weighted by Crippen LogP contribution is 2.15. The highest BCUT2D eigenvalue weighted by Gasteiger charge is 2.16. The zero-order chi connectivity index (χ0) is 17.7. The summed E-state index contributed by atoms with van der Waals surface area (Å²) in [5, 5.41) is 2.26. The Kier molecular flexibility index (Phi) is 5.47. The van der Waals surface area contributed by atoms with Gasteiger partial charge in [0.25, 0.3) is 0 Å². The maximum absolute atomic E-state index is 13.0. The van der Waals surface area contributed by atoms with Crippen LogP contribution in [0.4, 0.5) is 14.5 Å². The summed E-state index contributed by atoms with van der Waals surface area (Å²) < 4.78 is 57.0. The first kappa shape index (κ1) is 17.8. The number of carbonyl (C=O) groups excluding carboxylic acids is 1. The number of halogens is 2. The third-order valence-corrected chi connectivity index (χ3v) is 4.41. The minimum atomic E-state index is -3.89. The van der Waals surface area contributed by atoms with Crippen LogP contribution in [-0.4, -0.2) is 28.0 Å². The van der Waals surface area contributed by atoms with Crippen LogP contribution in [0.3, 0.4) is 0 Å². The number of methoxy groups -OCH3 is 1. The number of ether oxygens (including phenoxy) is 1. The predicted octanol–water partition coefficient (Wildman–Crippen LogP) is 1.89. The van der Waals surface area contributed by atoms with Crippen LogP contribution < -0.4 is 14.8 Å². The summed E-state index contributed by atoms with van der Waals surface area (Å²) in [5.41, 5.74) is 0.0162. The van der Waals surface area contributed by atoms with Crippen LogP contribution >= 0.6 is 0 Å². The van der Waals surface area contributed by atoms with Crippen LogP contribution in [0.25, 0.3) is 0 Å². The number of hydrogen-bond donors (Lipinski definition) is 2. The summed E-state index contributed by atoms with van der Waals surface area (Å²) in [7, 11) is -2.44. The molecule has 0 aliphatic carbocycles. The lowest BCUT2D eigenvalue weighted by atomic mass is 10.3. The van der Waals surface area contributed by atoms with Gasteiger partial charge in [-0.25, -0.2) is 21.9 Å². The third-order valence-electron chi connectivity index (χ3n) is 3.00. The van der Waals surface area contributed by atoms with Gasteiger partial charge in [-0.05, 0) is 36.4 Å². The molecule has 6 nitrogen and oxygen atoms in total. The summed E-state index contributed by atoms with van der Waals surface area (Å²) in [5.74, 6) is -2.40. The van der Waals surface area contributed by atoms with E-state index in [9.17, 15) is 22.0 Å². The van der Waals surface area contributed by atoms with E-state index in [0.717, 1.165) is 18.2 Å². The molecule has 2 aromatic rings. The second kappa shape index (κ2) is 7.37. The second-order valence-electron chi connectivity index (χ2n) is 4.68. The van der Waals surface area contributed by atoms with Gasteiger partial charge in [-0.15, -0.1) is 0 Å². The van der Waals surface area contributed by atoms with Crippen molar-refractivity contribution < 1.29 is 26.7 Å². The summed E-state index contributed by atoms with van der Waals surface area (Å²) >= 11 is 0. The van der Waals surface area contributed by atoms with Crippen LogP contribution in [0.5, 0.6) is 5.75 Å². The molecule has 2 rings (SSSR count). The van der Waals surface area contributed by atoms with Crippen molar-refractivity contribution in [2.24, 2.45) is 0 Å². The van der Waals surface area contributed by atoms with Crippen LogP contribution in [0.15, 0.2) is 47.4 Å². The van der Waals surface area contributed by atoms with Gasteiger partial charge in [0.05, 0.1) is 18.6 Å². The quantitative estimate of drug-likeness (QED) is 0.828. The van der Waals surface area contributed by atoms with Gasteiger partial charge in [-0.1, -0.05) is 0 Å². The van der Waals surface area contributed by atoms with Crippen molar-refractivity contribution >= 4 is 21.6 Å². The molecule has 128 valence electrons. The van der Waals surface area contributed by atoms with Gasteiger partial charge >= 0.3 is 0 Å². The molecule has 24 heavy (non-hydrogen) atoms. The number of hydrogen-bond acceptors (Lipinski definition) is 4. The standard InChI is InChI=1S/C15H14F2N2O4S/c1-23-11-3-5-12(6-4-11)24(21,22)18-9-15(20)19-10-2-7-13(16)14(17)8-10/h2-8,18H,9H2,1H3,(H,19,20). The minimum Gasteiger partial charge on any atom is -0.497 e. The Bertz CT molecular complexity index is 839. The van der Waals surface area contributed by atoms with Crippen LogP contribution in [0.2, 0.25) is 0 Å². The first-order valence-corrected chi connectivity index (χ1v) is 8.19. The van der Waals surface area contributed by atoms with Crippen LogP contribution in [0.1, 0.15) is 0 Å². The third kappa shape index (κ3) is 4.49. The predicted molar refractivity (Wildman–Crippen MR) is 83.2 cm³/mol. The Morgan fingerprint density at radius 1 is 1.08 bits per heavy atom. The maximum atomic E-state index is 13.0. The van der Waals surface area contributed by atoms with Crippen molar-refractivity contribution in [2.45, 2.75) is 4.90 Å². The molecule has 0 unspecified atom stereocenters. The highest BCUT2D eigenvalue weighted by molar-refractivity contribution is 7.89. The molecular weight excluding hydrogens is 342 g/mol. The summed E-state index contributed by atoms with van der Waals surface area (Å²) in [6, 6.07) is 8.40. The molecule has 1 amide bonds. The normalized spacial score (nSPS) is 11.1. The van der Waals surface area contributed by atoms with Crippen LogP contribution in [0, 0.1) is 11.6 Å². The van der Waals surface area contributed by atoms with Crippen molar-refractivity contribution in [1.82, 2.24) is 4.72 Å². The molecule has 2 N–H and O–H groups in total.